The fourth-order valence-electron chi connectivity index (χ4n) is 3.28. The van der Waals surface area contributed by atoms with E-state index in [1.165, 1.54) is 0 Å². The highest BCUT2D eigenvalue weighted by atomic mass is 35.5. The highest BCUT2D eigenvalue weighted by Gasteiger charge is 2.32. The summed E-state index contributed by atoms with van der Waals surface area (Å²) in [6.45, 7) is 12.8. The Morgan fingerprint density at radius 2 is 1.90 bits per heavy atom. The van der Waals surface area contributed by atoms with Crippen LogP contribution in [0.4, 0.5) is 0 Å². The molecule has 4 nitrogen and oxygen atoms in total. The molecule has 5 heteroatoms. The number of rotatable bonds is 3. The van der Waals surface area contributed by atoms with E-state index in [2.05, 4.69) is 35.9 Å². The lowest BCUT2D eigenvalue weighted by Gasteiger charge is -2.39. The normalized spacial score (nSPS) is 28.3. The Balaban J connectivity index is 0.00000200. The number of hydrogen-bond acceptors (Lipinski definition) is 3. The number of carbonyl (C=O) groups is 1. The van der Waals surface area contributed by atoms with Gasteiger partial charge in [0.05, 0.1) is 5.92 Å². The highest BCUT2D eigenvalue weighted by molar-refractivity contribution is 5.85. The van der Waals surface area contributed by atoms with Gasteiger partial charge >= 0.3 is 0 Å². The summed E-state index contributed by atoms with van der Waals surface area (Å²) in [5, 5.41) is 3.43. The van der Waals surface area contributed by atoms with Crippen molar-refractivity contribution in [3.63, 3.8) is 0 Å². The Bertz CT molecular complexity index is 303. The number of amides is 1. The molecule has 0 aliphatic carbocycles. The van der Waals surface area contributed by atoms with Crippen molar-refractivity contribution in [2.45, 2.75) is 39.7 Å². The molecule has 2 atom stereocenters. The van der Waals surface area contributed by atoms with E-state index in [0.717, 1.165) is 52.1 Å². The Morgan fingerprint density at radius 3 is 2.45 bits per heavy atom. The van der Waals surface area contributed by atoms with E-state index in [1.807, 2.05) is 0 Å². The van der Waals surface area contributed by atoms with Gasteiger partial charge in [-0.1, -0.05) is 13.8 Å². The van der Waals surface area contributed by atoms with Gasteiger partial charge in [0, 0.05) is 38.8 Å². The number of nitrogens with zero attached hydrogens (tertiary/aromatic N) is 2. The highest BCUT2D eigenvalue weighted by Crippen LogP contribution is 2.20. The molecule has 2 heterocycles. The van der Waals surface area contributed by atoms with E-state index >= 15 is 0 Å². The molecule has 2 saturated heterocycles. The molecule has 0 spiro atoms. The lowest BCUT2D eigenvalue weighted by molar-refractivity contribution is -0.139. The van der Waals surface area contributed by atoms with Gasteiger partial charge in [0.1, 0.15) is 0 Å². The Labute approximate surface area is 129 Å². The molecule has 0 saturated carbocycles. The summed E-state index contributed by atoms with van der Waals surface area (Å²) in [7, 11) is 0. The fraction of sp³-hybridized carbons (Fsp3) is 0.933. The first kappa shape index (κ1) is 17.7. The second-order valence-corrected chi connectivity index (χ2v) is 6.51. The van der Waals surface area contributed by atoms with E-state index < -0.39 is 0 Å². The molecule has 0 aromatic carbocycles. The van der Waals surface area contributed by atoms with Crippen molar-refractivity contribution < 1.29 is 4.79 Å². The van der Waals surface area contributed by atoms with Gasteiger partial charge in [0.25, 0.3) is 0 Å². The molecule has 0 radical (unpaired) electrons. The van der Waals surface area contributed by atoms with Crippen molar-refractivity contribution in [2.75, 3.05) is 39.3 Å². The third kappa shape index (κ3) is 4.61. The summed E-state index contributed by atoms with van der Waals surface area (Å²) in [5.74, 6) is 1.29. The lowest BCUT2D eigenvalue weighted by Crippen LogP contribution is -2.54. The van der Waals surface area contributed by atoms with E-state index in [4.69, 9.17) is 0 Å². The molecule has 0 aromatic rings. The van der Waals surface area contributed by atoms with Gasteiger partial charge in [-0.15, -0.1) is 12.4 Å². The zero-order valence-electron chi connectivity index (χ0n) is 13.1. The van der Waals surface area contributed by atoms with Crippen LogP contribution in [0.3, 0.4) is 0 Å². The van der Waals surface area contributed by atoms with E-state index in [1.54, 1.807) is 0 Å². The summed E-state index contributed by atoms with van der Waals surface area (Å²) >= 11 is 0. The van der Waals surface area contributed by atoms with Crippen LogP contribution in [0.5, 0.6) is 0 Å². The minimum atomic E-state index is 0. The first-order chi connectivity index (χ1) is 9.08. The molecule has 20 heavy (non-hydrogen) atoms. The van der Waals surface area contributed by atoms with Gasteiger partial charge in [-0.2, -0.15) is 0 Å². The first-order valence-electron chi connectivity index (χ1n) is 7.82. The van der Waals surface area contributed by atoms with Crippen LogP contribution in [0, 0.1) is 11.8 Å². The van der Waals surface area contributed by atoms with Crippen molar-refractivity contribution in [1.82, 2.24) is 15.1 Å². The number of carbonyl (C=O) groups excluding carboxylic acids is 1. The molecule has 2 aliphatic rings. The summed E-state index contributed by atoms with van der Waals surface area (Å²) in [6.07, 6.45) is 2.19. The predicted molar refractivity (Wildman–Crippen MR) is 85.3 cm³/mol. The number of piperazine rings is 1. The number of hydrogen-bond donors (Lipinski definition) is 1. The third-order valence-corrected chi connectivity index (χ3v) is 4.39. The molecule has 2 aliphatic heterocycles. The number of nitrogens with one attached hydrogen (secondary N) is 1. The van der Waals surface area contributed by atoms with Crippen LogP contribution in [-0.2, 0) is 4.79 Å². The van der Waals surface area contributed by atoms with Gasteiger partial charge in [-0.3, -0.25) is 9.69 Å². The molecular weight excluding hydrogens is 274 g/mol. The predicted octanol–water partition coefficient (Wildman–Crippen LogP) is 1.60. The fourth-order valence-corrected chi connectivity index (χ4v) is 3.28. The van der Waals surface area contributed by atoms with Crippen LogP contribution < -0.4 is 5.32 Å². The maximum absolute atomic E-state index is 12.6. The van der Waals surface area contributed by atoms with Gasteiger partial charge < -0.3 is 10.2 Å². The van der Waals surface area contributed by atoms with Gasteiger partial charge in [-0.05, 0) is 32.2 Å². The van der Waals surface area contributed by atoms with Crippen molar-refractivity contribution in [3.8, 4) is 0 Å². The van der Waals surface area contributed by atoms with Crippen LogP contribution in [0.1, 0.15) is 33.6 Å². The van der Waals surface area contributed by atoms with Crippen molar-refractivity contribution in [2.24, 2.45) is 11.8 Å². The van der Waals surface area contributed by atoms with Crippen molar-refractivity contribution in [3.05, 3.63) is 0 Å². The molecule has 1 N–H and O–H groups in total. The van der Waals surface area contributed by atoms with Crippen molar-refractivity contribution in [1.29, 1.82) is 0 Å². The average molecular weight is 304 g/mol. The van der Waals surface area contributed by atoms with E-state index in [9.17, 15) is 4.79 Å². The zero-order valence-corrected chi connectivity index (χ0v) is 13.9. The number of piperidine rings is 1. The second-order valence-electron chi connectivity index (χ2n) is 6.51. The SMILES string of the molecule is CC(C)CN1CCN(C(=O)C2CCCNC2C)CC1.Cl. The third-order valence-electron chi connectivity index (χ3n) is 4.39. The van der Waals surface area contributed by atoms with Crippen LogP contribution >= 0.6 is 12.4 Å². The maximum Gasteiger partial charge on any atom is 0.227 e. The minimum absolute atomic E-state index is 0. The molecule has 2 unspecified atom stereocenters. The standard InChI is InChI=1S/C15H29N3O.ClH/c1-12(2)11-17-7-9-18(10-8-17)15(19)14-5-4-6-16-13(14)3;/h12-14,16H,4-11H2,1-3H3;1H. The molecular formula is C15H30ClN3O. The van der Waals surface area contributed by atoms with Gasteiger partial charge in [0.2, 0.25) is 5.91 Å². The number of halogens is 1. The summed E-state index contributed by atoms with van der Waals surface area (Å²) in [6, 6.07) is 0.343. The van der Waals surface area contributed by atoms with Crippen LogP contribution in [-0.4, -0.2) is 61.0 Å². The van der Waals surface area contributed by atoms with Crippen LogP contribution in [0.2, 0.25) is 0 Å². The zero-order chi connectivity index (χ0) is 13.8. The van der Waals surface area contributed by atoms with Gasteiger partial charge in [0.15, 0.2) is 0 Å². The largest absolute Gasteiger partial charge is 0.340 e. The van der Waals surface area contributed by atoms with Crippen LogP contribution in [0.15, 0.2) is 0 Å². The molecule has 1 amide bonds. The summed E-state index contributed by atoms with van der Waals surface area (Å²) < 4.78 is 0. The van der Waals surface area contributed by atoms with Crippen molar-refractivity contribution >= 4 is 18.3 Å². The van der Waals surface area contributed by atoms with Crippen LogP contribution in [0.25, 0.3) is 0 Å². The average Bonchev–Trinajstić information content (AvgIpc) is 2.39. The Kier molecular flexibility index (Phi) is 7.27. The molecule has 2 rings (SSSR count). The quantitative estimate of drug-likeness (QED) is 0.860. The summed E-state index contributed by atoms with van der Waals surface area (Å²) in [5.41, 5.74) is 0. The first-order valence-corrected chi connectivity index (χ1v) is 7.82. The minimum Gasteiger partial charge on any atom is -0.340 e. The Morgan fingerprint density at radius 1 is 1.25 bits per heavy atom. The Hall–Kier alpha value is -0.320. The van der Waals surface area contributed by atoms with E-state index in [0.29, 0.717) is 17.9 Å². The molecule has 0 aromatic heterocycles. The lowest BCUT2D eigenvalue weighted by atomic mass is 9.90. The topological polar surface area (TPSA) is 35.6 Å². The monoisotopic (exact) mass is 303 g/mol. The molecule has 0 bridgehead atoms. The smallest absolute Gasteiger partial charge is 0.227 e. The molecule has 118 valence electrons. The molecule has 2 fully saturated rings. The second kappa shape index (κ2) is 8.20. The van der Waals surface area contributed by atoms with E-state index in [-0.39, 0.29) is 18.3 Å². The summed E-state index contributed by atoms with van der Waals surface area (Å²) in [4.78, 5) is 17.1. The maximum atomic E-state index is 12.6. The van der Waals surface area contributed by atoms with Gasteiger partial charge in [-0.25, -0.2) is 0 Å².